The molecule has 3 rings (SSSR count). The maximum absolute atomic E-state index is 12.2. The molecule has 3 aromatic rings. The molecule has 0 saturated carbocycles. The highest BCUT2D eigenvalue weighted by atomic mass is 35.5. The number of carbonyl (C=O) groups is 1. The summed E-state index contributed by atoms with van der Waals surface area (Å²) in [5.74, 6) is -0.0608. The monoisotopic (exact) mass is 470 g/mol. The van der Waals surface area contributed by atoms with E-state index in [1.54, 1.807) is 18.2 Å². The molecule has 0 aromatic heterocycles. The topological polar surface area (TPSA) is 94.1 Å². The van der Waals surface area contributed by atoms with Gasteiger partial charge in [0.25, 0.3) is 10.0 Å². The van der Waals surface area contributed by atoms with Gasteiger partial charge in [-0.15, -0.1) is 0 Å². The molecule has 0 saturated heterocycles. The summed E-state index contributed by atoms with van der Waals surface area (Å²) < 4.78 is 35.1. The third kappa shape index (κ3) is 6.44. The van der Waals surface area contributed by atoms with Gasteiger partial charge in [-0.05, 0) is 59.7 Å². The molecular formula is C23H19ClN2O5S. The van der Waals surface area contributed by atoms with Crippen LogP contribution in [0.1, 0.15) is 11.1 Å². The van der Waals surface area contributed by atoms with Gasteiger partial charge in [0, 0.05) is 11.1 Å². The van der Waals surface area contributed by atoms with Crippen LogP contribution in [0, 0.1) is 0 Å². The first-order valence-corrected chi connectivity index (χ1v) is 11.2. The average Bonchev–Trinajstić information content (AvgIpc) is 2.79. The molecule has 0 amide bonds. The number of benzene rings is 3. The van der Waals surface area contributed by atoms with E-state index in [2.05, 4.69) is 9.93 Å². The van der Waals surface area contributed by atoms with Crippen LogP contribution in [-0.4, -0.2) is 27.7 Å². The normalized spacial score (nSPS) is 11.6. The van der Waals surface area contributed by atoms with Gasteiger partial charge < -0.3 is 9.47 Å². The molecule has 0 aliphatic rings. The SMILES string of the molecule is COc1cc(/C=N\NS(=O)(=O)c2ccc(Cl)cc2)ccc1OC(=O)/C=C/c1ccccc1. The van der Waals surface area contributed by atoms with E-state index < -0.39 is 16.0 Å². The first-order chi connectivity index (χ1) is 15.4. The lowest BCUT2D eigenvalue weighted by molar-refractivity contribution is -0.129. The maximum Gasteiger partial charge on any atom is 0.336 e. The van der Waals surface area contributed by atoms with Crippen LogP contribution in [0.3, 0.4) is 0 Å². The highest BCUT2D eigenvalue weighted by molar-refractivity contribution is 7.89. The molecule has 32 heavy (non-hydrogen) atoms. The summed E-state index contributed by atoms with van der Waals surface area (Å²) in [6.45, 7) is 0. The summed E-state index contributed by atoms with van der Waals surface area (Å²) in [5, 5.41) is 4.20. The summed E-state index contributed by atoms with van der Waals surface area (Å²) in [5.41, 5.74) is 1.39. The van der Waals surface area contributed by atoms with Gasteiger partial charge >= 0.3 is 5.97 Å². The van der Waals surface area contributed by atoms with E-state index in [1.165, 1.54) is 49.7 Å². The number of esters is 1. The second kappa shape index (κ2) is 10.6. The van der Waals surface area contributed by atoms with Gasteiger partial charge in [-0.25, -0.2) is 9.63 Å². The number of carbonyl (C=O) groups excluding carboxylic acids is 1. The number of sulfonamides is 1. The molecule has 1 N–H and O–H groups in total. The standard InChI is InChI=1S/C23H19ClN2O5S/c1-30-22-15-18(16-25-26-32(28,29)20-11-9-19(24)10-12-20)7-13-21(22)31-23(27)14-8-17-5-3-2-4-6-17/h2-16,26H,1H3/b14-8+,25-16-. The van der Waals surface area contributed by atoms with Crippen molar-refractivity contribution in [1.29, 1.82) is 0 Å². The fourth-order valence-electron chi connectivity index (χ4n) is 2.56. The maximum atomic E-state index is 12.2. The van der Waals surface area contributed by atoms with Crippen molar-refractivity contribution in [1.82, 2.24) is 4.83 Å². The predicted octanol–water partition coefficient (Wildman–Crippen LogP) is 4.28. The molecule has 0 aliphatic heterocycles. The molecule has 0 atom stereocenters. The van der Waals surface area contributed by atoms with E-state index in [9.17, 15) is 13.2 Å². The van der Waals surface area contributed by atoms with E-state index in [4.69, 9.17) is 21.1 Å². The lowest BCUT2D eigenvalue weighted by atomic mass is 10.2. The zero-order valence-electron chi connectivity index (χ0n) is 16.9. The Hall–Kier alpha value is -3.62. The van der Waals surface area contributed by atoms with Crippen LogP contribution in [0.15, 0.2) is 88.9 Å². The second-order valence-corrected chi connectivity index (χ2v) is 8.48. The third-order valence-corrected chi connectivity index (χ3v) is 5.61. The van der Waals surface area contributed by atoms with Crippen molar-refractivity contribution in [2.75, 3.05) is 7.11 Å². The van der Waals surface area contributed by atoms with Gasteiger partial charge in [-0.2, -0.15) is 13.5 Å². The van der Waals surface area contributed by atoms with Crippen LogP contribution in [0.25, 0.3) is 6.08 Å². The molecule has 0 bridgehead atoms. The third-order valence-electron chi connectivity index (χ3n) is 4.12. The number of methoxy groups -OCH3 is 1. The van der Waals surface area contributed by atoms with E-state index in [0.29, 0.717) is 10.6 Å². The van der Waals surface area contributed by atoms with Crippen LogP contribution in [-0.2, 0) is 14.8 Å². The van der Waals surface area contributed by atoms with Crippen molar-refractivity contribution in [2.45, 2.75) is 4.90 Å². The van der Waals surface area contributed by atoms with Crippen LogP contribution in [0.2, 0.25) is 5.02 Å². The Morgan fingerprint density at radius 3 is 2.38 bits per heavy atom. The summed E-state index contributed by atoms with van der Waals surface area (Å²) in [4.78, 5) is 14.3. The average molecular weight is 471 g/mol. The number of nitrogens with one attached hydrogen (secondary N) is 1. The Kier molecular flexibility index (Phi) is 7.64. The summed E-state index contributed by atoms with van der Waals surface area (Å²) in [6, 6.07) is 19.7. The Balaban J connectivity index is 1.66. The van der Waals surface area contributed by atoms with Crippen molar-refractivity contribution in [3.63, 3.8) is 0 Å². The molecule has 0 spiro atoms. The molecule has 0 unspecified atom stereocenters. The van der Waals surface area contributed by atoms with E-state index in [-0.39, 0.29) is 16.4 Å². The second-order valence-electron chi connectivity index (χ2n) is 6.38. The van der Waals surface area contributed by atoms with Crippen LogP contribution in [0.4, 0.5) is 0 Å². The van der Waals surface area contributed by atoms with Gasteiger partial charge in [0.15, 0.2) is 11.5 Å². The van der Waals surface area contributed by atoms with Gasteiger partial charge in [0.05, 0.1) is 18.2 Å². The lowest BCUT2D eigenvalue weighted by Gasteiger charge is -2.08. The van der Waals surface area contributed by atoms with Crippen molar-refractivity contribution in [3.05, 3.63) is 95.0 Å². The first-order valence-electron chi connectivity index (χ1n) is 9.31. The predicted molar refractivity (Wildman–Crippen MR) is 123 cm³/mol. The smallest absolute Gasteiger partial charge is 0.336 e. The lowest BCUT2D eigenvalue weighted by Crippen LogP contribution is -2.18. The quantitative estimate of drug-likeness (QED) is 0.174. The molecule has 0 heterocycles. The van der Waals surface area contributed by atoms with E-state index in [0.717, 1.165) is 5.56 Å². The Morgan fingerprint density at radius 1 is 0.969 bits per heavy atom. The van der Waals surface area contributed by atoms with Crippen LogP contribution in [0.5, 0.6) is 11.5 Å². The molecule has 164 valence electrons. The minimum absolute atomic E-state index is 0.0300. The summed E-state index contributed by atoms with van der Waals surface area (Å²) >= 11 is 5.77. The minimum Gasteiger partial charge on any atom is -0.493 e. The number of hydrazone groups is 1. The van der Waals surface area contributed by atoms with Crippen LogP contribution < -0.4 is 14.3 Å². The molecule has 3 aromatic carbocycles. The molecule has 7 nitrogen and oxygen atoms in total. The minimum atomic E-state index is -3.83. The highest BCUT2D eigenvalue weighted by Gasteiger charge is 2.12. The van der Waals surface area contributed by atoms with Gasteiger partial charge in [0.1, 0.15) is 0 Å². The Morgan fingerprint density at radius 2 is 1.69 bits per heavy atom. The molecule has 0 fully saturated rings. The van der Waals surface area contributed by atoms with E-state index >= 15 is 0 Å². The molecule has 0 aliphatic carbocycles. The van der Waals surface area contributed by atoms with Crippen molar-refractivity contribution in [2.24, 2.45) is 5.10 Å². The fourth-order valence-corrected chi connectivity index (χ4v) is 3.47. The Labute approximate surface area is 191 Å². The number of ether oxygens (including phenoxy) is 2. The van der Waals surface area contributed by atoms with Gasteiger partial charge in [0.2, 0.25) is 0 Å². The number of nitrogens with zero attached hydrogens (tertiary/aromatic N) is 1. The Bertz CT molecular complexity index is 1240. The van der Waals surface area contributed by atoms with Crippen molar-refractivity contribution < 1.29 is 22.7 Å². The number of halogens is 1. The number of rotatable bonds is 8. The zero-order chi connectivity index (χ0) is 23.0. The van der Waals surface area contributed by atoms with Crippen molar-refractivity contribution >= 4 is 39.9 Å². The van der Waals surface area contributed by atoms with Gasteiger partial charge in [-0.1, -0.05) is 41.9 Å². The zero-order valence-corrected chi connectivity index (χ0v) is 18.5. The molecule has 0 radical (unpaired) electrons. The largest absolute Gasteiger partial charge is 0.493 e. The van der Waals surface area contributed by atoms with Crippen molar-refractivity contribution in [3.8, 4) is 11.5 Å². The summed E-state index contributed by atoms with van der Waals surface area (Å²) in [6.07, 6.45) is 4.26. The molecular weight excluding hydrogens is 452 g/mol. The number of hydrogen-bond donors (Lipinski definition) is 1. The highest BCUT2D eigenvalue weighted by Crippen LogP contribution is 2.28. The fraction of sp³-hybridized carbons (Fsp3) is 0.0435. The van der Waals surface area contributed by atoms with Gasteiger partial charge in [-0.3, -0.25) is 0 Å². The van der Waals surface area contributed by atoms with E-state index in [1.807, 2.05) is 30.3 Å². The summed E-state index contributed by atoms with van der Waals surface area (Å²) in [7, 11) is -2.40. The molecule has 9 heteroatoms. The first kappa shape index (κ1) is 23.1. The number of hydrogen-bond acceptors (Lipinski definition) is 6. The van der Waals surface area contributed by atoms with Crippen LogP contribution >= 0.6 is 11.6 Å².